The number of ether oxygens (including phenoxy) is 1. The fourth-order valence-electron chi connectivity index (χ4n) is 2.09. The standard InChI is InChI=1S/C16H18N4O2/c1-10-3-6-14(22-2)12(7-10)20-15-8-13(17-9-18-15)16(21)19-11-4-5-11/h3,6-9,11H,4-5H2,1-2H3,(H,19,21)(H,17,18,20). The first-order chi connectivity index (χ1) is 10.7. The Bertz CT molecular complexity index is 698. The molecule has 1 saturated carbocycles. The highest BCUT2D eigenvalue weighted by atomic mass is 16.5. The number of carbonyl (C=O) groups is 1. The van der Waals surface area contributed by atoms with Crippen molar-refractivity contribution in [3.8, 4) is 5.75 Å². The molecular weight excluding hydrogens is 280 g/mol. The summed E-state index contributed by atoms with van der Waals surface area (Å²) < 4.78 is 5.33. The number of amides is 1. The van der Waals surface area contributed by atoms with E-state index in [4.69, 9.17) is 4.74 Å². The van der Waals surface area contributed by atoms with E-state index in [1.54, 1.807) is 13.2 Å². The van der Waals surface area contributed by atoms with Gasteiger partial charge in [0, 0.05) is 12.1 Å². The lowest BCUT2D eigenvalue weighted by molar-refractivity contribution is 0.0946. The first kappa shape index (κ1) is 14.3. The minimum atomic E-state index is -0.163. The summed E-state index contributed by atoms with van der Waals surface area (Å²) in [6, 6.07) is 7.76. The predicted molar refractivity (Wildman–Crippen MR) is 83.5 cm³/mol. The number of nitrogens with one attached hydrogen (secondary N) is 2. The Morgan fingerprint density at radius 2 is 2.09 bits per heavy atom. The lowest BCUT2D eigenvalue weighted by atomic mass is 10.2. The first-order valence-electron chi connectivity index (χ1n) is 7.20. The maximum absolute atomic E-state index is 12.0. The zero-order valence-electron chi connectivity index (χ0n) is 12.6. The van der Waals surface area contributed by atoms with Crippen molar-refractivity contribution in [1.29, 1.82) is 0 Å². The van der Waals surface area contributed by atoms with E-state index < -0.39 is 0 Å². The average Bonchev–Trinajstić information content (AvgIpc) is 3.32. The summed E-state index contributed by atoms with van der Waals surface area (Å²) in [6.45, 7) is 2.00. The summed E-state index contributed by atoms with van der Waals surface area (Å²) in [6.07, 6.45) is 3.47. The normalized spacial score (nSPS) is 13.5. The van der Waals surface area contributed by atoms with Gasteiger partial charge in [0.25, 0.3) is 5.91 Å². The van der Waals surface area contributed by atoms with Crippen LogP contribution < -0.4 is 15.4 Å². The van der Waals surface area contributed by atoms with Gasteiger partial charge in [-0.3, -0.25) is 4.79 Å². The highest BCUT2D eigenvalue weighted by Crippen LogP contribution is 2.28. The Morgan fingerprint density at radius 3 is 2.82 bits per heavy atom. The number of hydrogen-bond donors (Lipinski definition) is 2. The number of carbonyl (C=O) groups excluding carboxylic acids is 1. The summed E-state index contributed by atoms with van der Waals surface area (Å²) in [5.41, 5.74) is 2.26. The zero-order valence-corrected chi connectivity index (χ0v) is 12.6. The van der Waals surface area contributed by atoms with Crippen molar-refractivity contribution < 1.29 is 9.53 Å². The maximum atomic E-state index is 12.0. The first-order valence-corrected chi connectivity index (χ1v) is 7.20. The van der Waals surface area contributed by atoms with Crippen molar-refractivity contribution in [2.24, 2.45) is 0 Å². The third-order valence-corrected chi connectivity index (χ3v) is 3.43. The van der Waals surface area contributed by atoms with E-state index in [-0.39, 0.29) is 5.91 Å². The second kappa shape index (κ2) is 6.01. The number of benzene rings is 1. The molecule has 22 heavy (non-hydrogen) atoms. The fraction of sp³-hybridized carbons (Fsp3) is 0.312. The third kappa shape index (κ3) is 3.33. The molecule has 114 valence electrons. The molecule has 0 bridgehead atoms. The van der Waals surface area contributed by atoms with Crippen molar-refractivity contribution >= 4 is 17.4 Å². The SMILES string of the molecule is COc1ccc(C)cc1Nc1cc(C(=O)NC2CC2)ncn1. The highest BCUT2D eigenvalue weighted by molar-refractivity contribution is 5.93. The van der Waals surface area contributed by atoms with E-state index in [0.29, 0.717) is 23.3 Å². The molecule has 0 unspecified atom stereocenters. The Labute approximate surface area is 128 Å². The van der Waals surface area contributed by atoms with Gasteiger partial charge >= 0.3 is 0 Å². The van der Waals surface area contributed by atoms with E-state index in [2.05, 4.69) is 20.6 Å². The topological polar surface area (TPSA) is 76.1 Å². The molecule has 0 spiro atoms. The molecule has 1 amide bonds. The van der Waals surface area contributed by atoms with Gasteiger partial charge in [0.2, 0.25) is 0 Å². The summed E-state index contributed by atoms with van der Waals surface area (Å²) in [5.74, 6) is 1.11. The van der Waals surface area contributed by atoms with E-state index in [0.717, 1.165) is 24.1 Å². The molecule has 1 heterocycles. The molecule has 3 rings (SSSR count). The van der Waals surface area contributed by atoms with Crippen LogP contribution in [0.3, 0.4) is 0 Å². The number of rotatable bonds is 5. The van der Waals surface area contributed by atoms with Crippen LogP contribution >= 0.6 is 0 Å². The second-order valence-electron chi connectivity index (χ2n) is 5.36. The van der Waals surface area contributed by atoms with Crippen LogP contribution in [0, 0.1) is 6.92 Å². The molecule has 1 aliphatic rings. The van der Waals surface area contributed by atoms with Crippen LogP contribution in [0.25, 0.3) is 0 Å². The third-order valence-electron chi connectivity index (χ3n) is 3.43. The Kier molecular flexibility index (Phi) is 3.91. The second-order valence-corrected chi connectivity index (χ2v) is 5.36. The smallest absolute Gasteiger partial charge is 0.270 e. The Hall–Kier alpha value is -2.63. The number of methoxy groups -OCH3 is 1. The van der Waals surface area contributed by atoms with Crippen molar-refractivity contribution in [3.05, 3.63) is 41.9 Å². The van der Waals surface area contributed by atoms with E-state index >= 15 is 0 Å². The van der Waals surface area contributed by atoms with Crippen LogP contribution in [0.15, 0.2) is 30.6 Å². The molecule has 0 atom stereocenters. The number of nitrogens with zero attached hydrogens (tertiary/aromatic N) is 2. The van der Waals surface area contributed by atoms with Gasteiger partial charge < -0.3 is 15.4 Å². The van der Waals surface area contributed by atoms with Gasteiger partial charge in [-0.15, -0.1) is 0 Å². The molecule has 2 aromatic rings. The number of aryl methyl sites for hydroxylation is 1. The molecule has 6 nitrogen and oxygen atoms in total. The average molecular weight is 298 g/mol. The largest absolute Gasteiger partial charge is 0.495 e. The molecule has 1 fully saturated rings. The maximum Gasteiger partial charge on any atom is 0.270 e. The number of hydrogen-bond acceptors (Lipinski definition) is 5. The monoisotopic (exact) mass is 298 g/mol. The number of aromatic nitrogens is 2. The van der Waals surface area contributed by atoms with Crippen molar-refractivity contribution in [2.75, 3.05) is 12.4 Å². The predicted octanol–water partition coefficient (Wildman–Crippen LogP) is 2.43. The van der Waals surface area contributed by atoms with E-state index in [1.165, 1.54) is 6.33 Å². The minimum Gasteiger partial charge on any atom is -0.495 e. The van der Waals surface area contributed by atoms with Crippen molar-refractivity contribution in [1.82, 2.24) is 15.3 Å². The van der Waals surface area contributed by atoms with Crippen LogP contribution in [0.4, 0.5) is 11.5 Å². The minimum absolute atomic E-state index is 0.163. The molecule has 1 aromatic carbocycles. The molecule has 1 aliphatic carbocycles. The zero-order chi connectivity index (χ0) is 15.5. The van der Waals surface area contributed by atoms with E-state index in [9.17, 15) is 4.79 Å². The molecule has 1 aromatic heterocycles. The Balaban J connectivity index is 1.80. The van der Waals surface area contributed by atoms with Crippen LogP contribution in [-0.4, -0.2) is 29.0 Å². The molecule has 6 heteroatoms. The summed E-state index contributed by atoms with van der Waals surface area (Å²) in [5, 5.41) is 6.08. The van der Waals surface area contributed by atoms with Gasteiger partial charge in [-0.05, 0) is 37.5 Å². The van der Waals surface area contributed by atoms with E-state index in [1.807, 2.05) is 25.1 Å². The van der Waals surface area contributed by atoms with Crippen LogP contribution in [0.1, 0.15) is 28.9 Å². The highest BCUT2D eigenvalue weighted by Gasteiger charge is 2.24. The molecule has 2 N–H and O–H groups in total. The molecule has 0 aliphatic heterocycles. The quantitative estimate of drug-likeness (QED) is 0.886. The van der Waals surface area contributed by atoms with Gasteiger partial charge in [-0.25, -0.2) is 9.97 Å². The summed E-state index contributed by atoms with van der Waals surface area (Å²) >= 11 is 0. The van der Waals surface area contributed by atoms with Gasteiger partial charge in [-0.2, -0.15) is 0 Å². The Morgan fingerprint density at radius 1 is 1.27 bits per heavy atom. The lowest BCUT2D eigenvalue weighted by Crippen LogP contribution is -2.26. The van der Waals surface area contributed by atoms with Crippen LogP contribution in [0.5, 0.6) is 5.75 Å². The fourth-order valence-corrected chi connectivity index (χ4v) is 2.09. The van der Waals surface area contributed by atoms with Crippen LogP contribution in [-0.2, 0) is 0 Å². The van der Waals surface area contributed by atoms with Gasteiger partial charge in [0.05, 0.1) is 12.8 Å². The lowest BCUT2D eigenvalue weighted by Gasteiger charge is -2.12. The van der Waals surface area contributed by atoms with Crippen LogP contribution in [0.2, 0.25) is 0 Å². The van der Waals surface area contributed by atoms with Crippen molar-refractivity contribution in [2.45, 2.75) is 25.8 Å². The number of anilines is 2. The van der Waals surface area contributed by atoms with Gasteiger partial charge in [-0.1, -0.05) is 6.07 Å². The summed E-state index contributed by atoms with van der Waals surface area (Å²) in [4.78, 5) is 20.2. The van der Waals surface area contributed by atoms with Gasteiger partial charge in [0.1, 0.15) is 23.6 Å². The molecule has 0 radical (unpaired) electrons. The van der Waals surface area contributed by atoms with Crippen molar-refractivity contribution in [3.63, 3.8) is 0 Å². The molecule has 0 saturated heterocycles. The molecular formula is C16H18N4O2. The summed E-state index contributed by atoms with van der Waals surface area (Å²) in [7, 11) is 1.62. The van der Waals surface area contributed by atoms with Gasteiger partial charge in [0.15, 0.2) is 0 Å².